The molecular formula is C31H26N2O5. The van der Waals surface area contributed by atoms with Crippen molar-refractivity contribution < 1.29 is 24.2 Å². The fourth-order valence-corrected chi connectivity index (χ4v) is 5.87. The van der Waals surface area contributed by atoms with Gasteiger partial charge < -0.3 is 14.4 Å². The maximum atomic E-state index is 14.0. The fourth-order valence-electron chi connectivity index (χ4n) is 5.87. The van der Waals surface area contributed by atoms with Crippen LogP contribution in [0.15, 0.2) is 84.9 Å². The minimum Gasteiger partial charge on any atom is -0.505 e. The molecule has 190 valence electrons. The number of aryl methyl sites for hydroxylation is 1. The van der Waals surface area contributed by atoms with E-state index in [1.54, 1.807) is 31.2 Å². The third kappa shape index (κ3) is 3.39. The average molecular weight is 507 g/mol. The first-order chi connectivity index (χ1) is 18.4. The quantitative estimate of drug-likeness (QED) is 0.296. The molecule has 0 aliphatic carbocycles. The molecule has 3 atom stereocenters. The number of imide groups is 1. The summed E-state index contributed by atoms with van der Waals surface area (Å²) in [6.07, 6.45) is 0. The van der Waals surface area contributed by atoms with Gasteiger partial charge >= 0.3 is 5.97 Å². The van der Waals surface area contributed by atoms with Gasteiger partial charge in [-0.05, 0) is 37.1 Å². The summed E-state index contributed by atoms with van der Waals surface area (Å²) in [5.74, 6) is -3.50. The highest BCUT2D eigenvalue weighted by Crippen LogP contribution is 2.58. The van der Waals surface area contributed by atoms with Crippen LogP contribution in [-0.2, 0) is 14.3 Å². The van der Waals surface area contributed by atoms with Gasteiger partial charge in [0.2, 0.25) is 11.8 Å². The minimum absolute atomic E-state index is 0.00187. The van der Waals surface area contributed by atoms with E-state index in [-0.39, 0.29) is 29.5 Å². The number of anilines is 1. The summed E-state index contributed by atoms with van der Waals surface area (Å²) in [5, 5.41) is 11.6. The summed E-state index contributed by atoms with van der Waals surface area (Å²) in [6, 6.07) is 25.2. The van der Waals surface area contributed by atoms with Crippen molar-refractivity contribution in [1.29, 1.82) is 0 Å². The normalized spacial score (nSPS) is 19.9. The van der Waals surface area contributed by atoms with E-state index in [9.17, 15) is 19.5 Å². The number of esters is 1. The number of carbonyl (C=O) groups excluding carboxylic acids is 3. The monoisotopic (exact) mass is 506 g/mol. The molecule has 1 N–H and O–H groups in total. The lowest BCUT2D eigenvalue weighted by Crippen LogP contribution is -2.33. The number of carbonyl (C=O) groups is 3. The van der Waals surface area contributed by atoms with Gasteiger partial charge in [0.15, 0.2) is 5.75 Å². The number of hydrogen-bond acceptors (Lipinski definition) is 5. The van der Waals surface area contributed by atoms with Crippen LogP contribution in [0, 0.1) is 12.8 Å². The number of hydrogen-bond donors (Lipinski definition) is 1. The number of aromatic hydroxyl groups is 1. The van der Waals surface area contributed by atoms with Gasteiger partial charge in [-0.2, -0.15) is 0 Å². The molecule has 1 fully saturated rings. The van der Waals surface area contributed by atoms with Gasteiger partial charge in [0.25, 0.3) is 0 Å². The highest BCUT2D eigenvalue weighted by molar-refractivity contribution is 6.25. The van der Waals surface area contributed by atoms with E-state index < -0.39 is 29.8 Å². The molecular weight excluding hydrogens is 480 g/mol. The molecule has 0 spiro atoms. The second-order valence-corrected chi connectivity index (χ2v) is 9.62. The maximum absolute atomic E-state index is 14.0. The highest BCUT2D eigenvalue weighted by Gasteiger charge is 2.60. The lowest BCUT2D eigenvalue weighted by Gasteiger charge is -2.24. The van der Waals surface area contributed by atoms with Crippen molar-refractivity contribution in [3.63, 3.8) is 0 Å². The number of aromatic nitrogens is 1. The van der Waals surface area contributed by atoms with Gasteiger partial charge in [-0.25, -0.2) is 9.69 Å². The average Bonchev–Trinajstić information content (AvgIpc) is 3.51. The van der Waals surface area contributed by atoms with E-state index in [0.717, 1.165) is 11.1 Å². The zero-order valence-electron chi connectivity index (χ0n) is 21.0. The molecule has 7 nitrogen and oxygen atoms in total. The topological polar surface area (TPSA) is 88.8 Å². The maximum Gasteiger partial charge on any atom is 0.344 e. The molecule has 0 radical (unpaired) electrons. The molecule has 0 saturated carbocycles. The van der Waals surface area contributed by atoms with Crippen molar-refractivity contribution in [1.82, 2.24) is 4.57 Å². The van der Waals surface area contributed by atoms with Crippen LogP contribution in [0.1, 0.15) is 46.1 Å². The fraction of sp³-hybridized carbons (Fsp3) is 0.194. The smallest absolute Gasteiger partial charge is 0.344 e. The number of fused-ring (bicyclic) bond motifs is 3. The van der Waals surface area contributed by atoms with Crippen LogP contribution in [-0.4, -0.2) is 34.1 Å². The van der Waals surface area contributed by atoms with Gasteiger partial charge in [-0.15, -0.1) is 0 Å². The molecule has 7 heteroatoms. The van der Waals surface area contributed by atoms with Crippen LogP contribution in [0.4, 0.5) is 5.69 Å². The number of ether oxygens (including phenoxy) is 1. The molecule has 3 heterocycles. The van der Waals surface area contributed by atoms with Crippen LogP contribution in [0.3, 0.4) is 0 Å². The minimum atomic E-state index is -0.959. The largest absolute Gasteiger partial charge is 0.505 e. The predicted molar refractivity (Wildman–Crippen MR) is 142 cm³/mol. The van der Waals surface area contributed by atoms with Gasteiger partial charge in [0.05, 0.1) is 41.6 Å². The molecule has 1 saturated heterocycles. The number of benzene rings is 3. The van der Waals surface area contributed by atoms with Crippen molar-refractivity contribution >= 4 is 23.5 Å². The summed E-state index contributed by atoms with van der Waals surface area (Å²) in [4.78, 5) is 42.4. The van der Waals surface area contributed by atoms with E-state index in [4.69, 9.17) is 4.74 Å². The van der Waals surface area contributed by atoms with E-state index in [0.29, 0.717) is 16.9 Å². The first kappa shape index (κ1) is 23.7. The van der Waals surface area contributed by atoms with Crippen LogP contribution < -0.4 is 4.90 Å². The molecule has 1 aromatic heterocycles. The Balaban J connectivity index is 1.65. The number of para-hydroxylation sites is 1. The van der Waals surface area contributed by atoms with E-state index in [1.807, 2.05) is 72.2 Å². The summed E-state index contributed by atoms with van der Waals surface area (Å²) in [5.41, 5.74) is 3.71. The Morgan fingerprint density at radius 2 is 1.53 bits per heavy atom. The Hall–Kier alpha value is -4.65. The Bertz CT molecular complexity index is 1560. The molecule has 2 amide bonds. The van der Waals surface area contributed by atoms with Gasteiger partial charge in [0.1, 0.15) is 5.56 Å². The van der Waals surface area contributed by atoms with E-state index >= 15 is 0 Å². The molecule has 3 aromatic carbocycles. The summed E-state index contributed by atoms with van der Waals surface area (Å²) in [6.45, 7) is 3.80. The van der Waals surface area contributed by atoms with Crippen molar-refractivity contribution in [2.24, 2.45) is 5.92 Å². The Morgan fingerprint density at radius 1 is 0.895 bits per heavy atom. The number of amides is 2. The van der Waals surface area contributed by atoms with Crippen LogP contribution in [0.2, 0.25) is 0 Å². The van der Waals surface area contributed by atoms with Crippen molar-refractivity contribution in [3.8, 4) is 17.0 Å². The summed E-state index contributed by atoms with van der Waals surface area (Å²) in [7, 11) is 0. The SMILES string of the molecule is CCOC(=O)c1c(O)c2n(c1-c1ccccc1)[C@@H](c1ccc(C)cc1)[C@H]1C(=O)N(c3ccccc3)C(=O)[C@@H]21. The second kappa shape index (κ2) is 9.03. The summed E-state index contributed by atoms with van der Waals surface area (Å²) < 4.78 is 7.15. The van der Waals surface area contributed by atoms with Crippen molar-refractivity contribution in [3.05, 3.63) is 107 Å². The molecule has 0 unspecified atom stereocenters. The third-order valence-corrected chi connectivity index (χ3v) is 7.44. The van der Waals surface area contributed by atoms with E-state index in [2.05, 4.69) is 0 Å². The van der Waals surface area contributed by atoms with Crippen molar-refractivity contribution in [2.45, 2.75) is 25.8 Å². The van der Waals surface area contributed by atoms with Gasteiger partial charge in [-0.1, -0.05) is 78.4 Å². The standard InChI is InChI=1S/C31H26N2O5/c1-3-38-31(37)24-26(19-10-6-4-7-11-19)33-25(20-16-14-18(2)15-17-20)22-23(27(33)28(24)34)30(36)32(29(22)35)21-12-8-5-9-13-21/h4-17,22-23,25,34H,3H2,1-2H3/t22-,23+,25-/m0/s1. The molecule has 2 aliphatic rings. The number of rotatable bonds is 5. The highest BCUT2D eigenvalue weighted by atomic mass is 16.5. The second-order valence-electron chi connectivity index (χ2n) is 9.62. The van der Waals surface area contributed by atoms with Gasteiger partial charge in [0, 0.05) is 0 Å². The molecule has 2 aliphatic heterocycles. The Labute approximate surface area is 219 Å². The first-order valence-electron chi connectivity index (χ1n) is 12.6. The van der Waals surface area contributed by atoms with E-state index in [1.165, 1.54) is 4.90 Å². The zero-order chi connectivity index (χ0) is 26.6. The molecule has 0 bridgehead atoms. The van der Waals surface area contributed by atoms with Crippen molar-refractivity contribution in [2.75, 3.05) is 11.5 Å². The Kier molecular flexibility index (Phi) is 5.64. The lowest BCUT2D eigenvalue weighted by molar-refractivity contribution is -0.122. The predicted octanol–water partition coefficient (Wildman–Crippen LogP) is 5.22. The number of nitrogens with zero attached hydrogens (tertiary/aromatic N) is 2. The first-order valence-corrected chi connectivity index (χ1v) is 12.6. The third-order valence-electron chi connectivity index (χ3n) is 7.44. The van der Waals surface area contributed by atoms with Gasteiger partial charge in [-0.3, -0.25) is 9.59 Å². The van der Waals surface area contributed by atoms with Crippen LogP contribution in [0.25, 0.3) is 11.3 Å². The molecule has 4 aromatic rings. The van der Waals surface area contributed by atoms with Crippen LogP contribution in [0.5, 0.6) is 5.75 Å². The Morgan fingerprint density at radius 3 is 2.16 bits per heavy atom. The zero-order valence-corrected chi connectivity index (χ0v) is 21.0. The van der Waals surface area contributed by atoms with Crippen LogP contribution >= 0.6 is 0 Å². The lowest BCUT2D eigenvalue weighted by atomic mass is 9.85. The summed E-state index contributed by atoms with van der Waals surface area (Å²) >= 11 is 0. The molecule has 6 rings (SSSR count). The molecule has 38 heavy (non-hydrogen) atoms.